The summed E-state index contributed by atoms with van der Waals surface area (Å²) in [5, 5.41) is 20.7. The van der Waals surface area contributed by atoms with Crippen molar-refractivity contribution in [2.45, 2.75) is 69.3 Å². The summed E-state index contributed by atoms with van der Waals surface area (Å²) in [4.78, 5) is 1.05. The molecule has 0 aliphatic heterocycles. The molecule has 0 radical (unpaired) electrons. The first-order valence-corrected chi connectivity index (χ1v) is 10.2. The minimum atomic E-state index is -0.0964. The lowest BCUT2D eigenvalue weighted by atomic mass is 9.55. The molecule has 0 aromatic heterocycles. The molecule has 3 aliphatic rings. The van der Waals surface area contributed by atoms with Gasteiger partial charge in [-0.1, -0.05) is 13.8 Å². The summed E-state index contributed by atoms with van der Waals surface area (Å²) < 4.78 is 0. The van der Waals surface area contributed by atoms with E-state index in [2.05, 4.69) is 19.9 Å². The summed E-state index contributed by atoms with van der Waals surface area (Å²) in [5.74, 6) is 3.50. The number of thioether (sulfide) groups is 1. The van der Waals surface area contributed by atoms with E-state index in [1.807, 2.05) is 6.07 Å². The van der Waals surface area contributed by atoms with E-state index >= 15 is 0 Å². The van der Waals surface area contributed by atoms with Crippen molar-refractivity contribution in [2.75, 3.05) is 5.75 Å². The van der Waals surface area contributed by atoms with Gasteiger partial charge in [-0.2, -0.15) is 0 Å². The zero-order valence-electron chi connectivity index (χ0n) is 14.2. The van der Waals surface area contributed by atoms with Crippen LogP contribution in [0.5, 0.6) is 5.75 Å². The van der Waals surface area contributed by atoms with E-state index in [0.717, 1.165) is 35.8 Å². The maximum Gasteiger partial charge on any atom is 0.129 e. The molecule has 1 unspecified atom stereocenters. The lowest BCUT2D eigenvalue weighted by Gasteiger charge is -2.50. The third kappa shape index (κ3) is 2.34. The van der Waals surface area contributed by atoms with Gasteiger partial charge in [-0.3, -0.25) is 0 Å². The Kier molecular flexibility index (Phi) is 3.92. The molecule has 3 heteroatoms. The Morgan fingerprint density at radius 2 is 2.04 bits per heavy atom. The monoisotopic (exact) mass is 332 g/mol. The van der Waals surface area contributed by atoms with Crippen LogP contribution < -0.4 is 0 Å². The highest BCUT2D eigenvalue weighted by Gasteiger charge is 2.54. The van der Waals surface area contributed by atoms with Gasteiger partial charge < -0.3 is 10.2 Å². The fourth-order valence-corrected chi connectivity index (χ4v) is 6.56. The number of benzene rings is 1. The zero-order chi connectivity index (χ0) is 16.2. The van der Waals surface area contributed by atoms with Gasteiger partial charge >= 0.3 is 0 Å². The summed E-state index contributed by atoms with van der Waals surface area (Å²) >= 11 is 1.74. The molecule has 0 heterocycles. The van der Waals surface area contributed by atoms with Crippen LogP contribution in [0.25, 0.3) is 0 Å². The van der Waals surface area contributed by atoms with Gasteiger partial charge in [0, 0.05) is 4.90 Å². The van der Waals surface area contributed by atoms with E-state index < -0.39 is 0 Å². The first-order valence-electron chi connectivity index (χ1n) is 9.21. The lowest BCUT2D eigenvalue weighted by Crippen LogP contribution is -2.43. The highest BCUT2D eigenvalue weighted by molar-refractivity contribution is 7.99. The first-order chi connectivity index (χ1) is 11.0. The van der Waals surface area contributed by atoms with Gasteiger partial charge in [0.25, 0.3) is 0 Å². The molecular formula is C20H28O2S. The Morgan fingerprint density at radius 3 is 2.83 bits per heavy atom. The van der Waals surface area contributed by atoms with Crippen molar-refractivity contribution in [3.8, 4) is 5.75 Å². The SMILES string of the molecule is CCSc1cc2c(cc1O)CC[C@@H]1[C@@H]2CC[C@]2(C)C(O)CC[C@@H]12. The van der Waals surface area contributed by atoms with Gasteiger partial charge in [-0.15, -0.1) is 11.8 Å². The predicted octanol–water partition coefficient (Wildman–Crippen LogP) is 4.72. The number of aromatic hydroxyl groups is 1. The Hall–Kier alpha value is -0.670. The predicted molar refractivity (Wildman–Crippen MR) is 95.1 cm³/mol. The summed E-state index contributed by atoms with van der Waals surface area (Å²) in [6.07, 6.45) is 6.75. The molecular weight excluding hydrogens is 304 g/mol. The molecule has 2 fully saturated rings. The molecule has 2 saturated carbocycles. The molecule has 0 bridgehead atoms. The maximum atomic E-state index is 10.5. The van der Waals surface area contributed by atoms with Crippen molar-refractivity contribution in [3.63, 3.8) is 0 Å². The van der Waals surface area contributed by atoms with Crippen molar-refractivity contribution in [1.29, 1.82) is 0 Å². The zero-order valence-corrected chi connectivity index (χ0v) is 15.0. The Labute approximate surface area is 143 Å². The molecule has 4 rings (SSSR count). The van der Waals surface area contributed by atoms with Crippen molar-refractivity contribution in [2.24, 2.45) is 17.3 Å². The van der Waals surface area contributed by atoms with Crippen LogP contribution in [0.2, 0.25) is 0 Å². The Balaban J connectivity index is 1.70. The van der Waals surface area contributed by atoms with Crippen molar-refractivity contribution in [1.82, 2.24) is 0 Å². The molecule has 2 N–H and O–H groups in total. The molecule has 0 amide bonds. The summed E-state index contributed by atoms with van der Waals surface area (Å²) in [5.41, 5.74) is 3.01. The van der Waals surface area contributed by atoms with E-state index in [4.69, 9.17) is 0 Å². The van der Waals surface area contributed by atoms with Crippen molar-refractivity contribution < 1.29 is 10.2 Å². The van der Waals surface area contributed by atoms with Crippen LogP contribution in [0.3, 0.4) is 0 Å². The van der Waals surface area contributed by atoms with Gasteiger partial charge in [0.2, 0.25) is 0 Å². The Bertz CT molecular complexity index is 614. The summed E-state index contributed by atoms with van der Waals surface area (Å²) in [7, 11) is 0. The number of aliphatic hydroxyl groups is 1. The third-order valence-electron chi connectivity index (χ3n) is 7.05. The second-order valence-electron chi connectivity index (χ2n) is 8.00. The molecule has 126 valence electrons. The molecule has 0 saturated heterocycles. The van der Waals surface area contributed by atoms with Gasteiger partial charge in [0.1, 0.15) is 5.75 Å². The number of hydrogen-bond acceptors (Lipinski definition) is 3. The highest BCUT2D eigenvalue weighted by Crippen LogP contribution is 2.61. The van der Waals surface area contributed by atoms with E-state index in [0.29, 0.717) is 17.6 Å². The number of fused-ring (bicyclic) bond motifs is 5. The van der Waals surface area contributed by atoms with Crippen LogP contribution in [0.15, 0.2) is 17.0 Å². The molecule has 3 aliphatic carbocycles. The second-order valence-corrected chi connectivity index (χ2v) is 9.31. The number of rotatable bonds is 2. The third-order valence-corrected chi connectivity index (χ3v) is 7.98. The lowest BCUT2D eigenvalue weighted by molar-refractivity contribution is -0.0226. The molecule has 2 nitrogen and oxygen atoms in total. The van der Waals surface area contributed by atoms with Gasteiger partial charge in [0.15, 0.2) is 0 Å². The number of phenolic OH excluding ortho intramolecular Hbond substituents is 1. The van der Waals surface area contributed by atoms with E-state index in [1.54, 1.807) is 11.8 Å². The minimum absolute atomic E-state index is 0.0964. The molecule has 5 atom stereocenters. The largest absolute Gasteiger partial charge is 0.507 e. The summed E-state index contributed by atoms with van der Waals surface area (Å²) in [6.45, 7) is 4.47. The van der Waals surface area contributed by atoms with E-state index in [1.165, 1.54) is 30.4 Å². The van der Waals surface area contributed by atoms with Crippen molar-refractivity contribution in [3.05, 3.63) is 23.3 Å². The van der Waals surface area contributed by atoms with Crippen LogP contribution in [-0.4, -0.2) is 22.1 Å². The van der Waals surface area contributed by atoms with Crippen LogP contribution in [0.4, 0.5) is 0 Å². The molecule has 0 spiro atoms. The topological polar surface area (TPSA) is 40.5 Å². The van der Waals surface area contributed by atoms with Gasteiger partial charge in [0.05, 0.1) is 6.10 Å². The smallest absolute Gasteiger partial charge is 0.129 e. The number of hydrogen-bond donors (Lipinski definition) is 2. The highest BCUT2D eigenvalue weighted by atomic mass is 32.2. The number of aliphatic hydroxyl groups excluding tert-OH is 1. The van der Waals surface area contributed by atoms with Crippen LogP contribution in [0.1, 0.15) is 63.0 Å². The minimum Gasteiger partial charge on any atom is -0.507 e. The average Bonchev–Trinajstić information content (AvgIpc) is 2.84. The van der Waals surface area contributed by atoms with Crippen LogP contribution in [-0.2, 0) is 6.42 Å². The average molecular weight is 333 g/mol. The van der Waals surface area contributed by atoms with Crippen LogP contribution in [0, 0.1) is 17.3 Å². The summed E-state index contributed by atoms with van der Waals surface area (Å²) in [6, 6.07) is 4.31. The van der Waals surface area contributed by atoms with Crippen molar-refractivity contribution >= 4 is 11.8 Å². The van der Waals surface area contributed by atoms with E-state index in [9.17, 15) is 10.2 Å². The second kappa shape index (κ2) is 5.70. The van der Waals surface area contributed by atoms with E-state index in [-0.39, 0.29) is 11.5 Å². The number of phenols is 1. The maximum absolute atomic E-state index is 10.5. The fraction of sp³-hybridized carbons (Fsp3) is 0.700. The number of aryl methyl sites for hydroxylation is 1. The van der Waals surface area contributed by atoms with Gasteiger partial charge in [-0.05, 0) is 90.7 Å². The van der Waals surface area contributed by atoms with Gasteiger partial charge in [-0.25, -0.2) is 0 Å². The molecule has 1 aromatic rings. The molecule has 23 heavy (non-hydrogen) atoms. The normalized spacial score (nSPS) is 38.7. The van der Waals surface area contributed by atoms with Crippen LogP contribution >= 0.6 is 11.8 Å². The Morgan fingerprint density at radius 1 is 1.22 bits per heavy atom. The molecule has 1 aromatic carbocycles. The first kappa shape index (κ1) is 15.8. The fourth-order valence-electron chi connectivity index (χ4n) is 5.83. The standard InChI is InChI=1S/C20H28O2S/c1-3-23-18-11-15-12(10-17(18)21)4-5-14-13(15)8-9-20(2)16(14)6-7-19(20)22/h10-11,13-14,16,19,21-22H,3-9H2,1-2H3/t13-,14+,16-,19?,20-/m0/s1. The quantitative estimate of drug-likeness (QED) is 0.770.